The highest BCUT2D eigenvalue weighted by Crippen LogP contribution is 2.13. The van der Waals surface area contributed by atoms with Crippen molar-refractivity contribution >= 4 is 17.6 Å². The van der Waals surface area contributed by atoms with Crippen LogP contribution in [0.15, 0.2) is 54.6 Å². The molecule has 144 valence electrons. The zero-order valence-electron chi connectivity index (χ0n) is 16.3. The van der Waals surface area contributed by atoms with Gasteiger partial charge in [-0.2, -0.15) is 0 Å². The monoisotopic (exact) mass is 368 g/mol. The molecule has 0 aliphatic heterocycles. The molecule has 0 aliphatic carbocycles. The van der Waals surface area contributed by atoms with E-state index in [4.69, 9.17) is 4.74 Å². The molecule has 0 saturated carbocycles. The number of nitrogens with zero attached hydrogens (tertiary/aromatic N) is 1. The fraction of sp³-hybridized carbons (Fsp3) is 0.364. The average molecular weight is 368 g/mol. The Morgan fingerprint density at radius 1 is 1.04 bits per heavy atom. The minimum atomic E-state index is -0.326. The first-order valence-corrected chi connectivity index (χ1v) is 9.35. The molecule has 0 saturated heterocycles. The van der Waals surface area contributed by atoms with Gasteiger partial charge in [0, 0.05) is 31.2 Å². The fourth-order valence-electron chi connectivity index (χ4n) is 2.73. The maximum Gasteiger partial charge on any atom is 0.338 e. The second kappa shape index (κ2) is 10.4. The van der Waals surface area contributed by atoms with Gasteiger partial charge in [0.25, 0.3) is 0 Å². The number of carbonyl (C=O) groups excluding carboxylic acids is 2. The maximum atomic E-state index is 12.6. The Morgan fingerprint density at radius 2 is 1.70 bits per heavy atom. The van der Waals surface area contributed by atoms with Gasteiger partial charge in [-0.25, -0.2) is 4.79 Å². The van der Waals surface area contributed by atoms with E-state index in [2.05, 4.69) is 5.32 Å². The van der Waals surface area contributed by atoms with Crippen molar-refractivity contribution < 1.29 is 14.3 Å². The predicted molar refractivity (Wildman–Crippen MR) is 108 cm³/mol. The molecule has 0 fully saturated rings. The van der Waals surface area contributed by atoms with Gasteiger partial charge >= 0.3 is 5.97 Å². The fourth-order valence-corrected chi connectivity index (χ4v) is 2.73. The minimum absolute atomic E-state index is 0.115. The van der Waals surface area contributed by atoms with E-state index in [1.54, 1.807) is 19.1 Å². The van der Waals surface area contributed by atoms with Crippen LogP contribution < -0.4 is 5.32 Å². The topological polar surface area (TPSA) is 58.6 Å². The van der Waals surface area contributed by atoms with Crippen LogP contribution >= 0.6 is 0 Å². The van der Waals surface area contributed by atoms with Gasteiger partial charge in [0.2, 0.25) is 5.91 Å². The molecule has 5 heteroatoms. The first-order valence-electron chi connectivity index (χ1n) is 9.35. The van der Waals surface area contributed by atoms with Crippen LogP contribution in [0.4, 0.5) is 5.69 Å². The van der Waals surface area contributed by atoms with Crippen molar-refractivity contribution in [1.29, 1.82) is 0 Å². The van der Waals surface area contributed by atoms with E-state index < -0.39 is 0 Å². The summed E-state index contributed by atoms with van der Waals surface area (Å²) in [5.74, 6) is -0.211. The van der Waals surface area contributed by atoms with Crippen molar-refractivity contribution in [1.82, 2.24) is 4.90 Å². The van der Waals surface area contributed by atoms with Gasteiger partial charge in [0.05, 0.1) is 12.2 Å². The van der Waals surface area contributed by atoms with Crippen molar-refractivity contribution in [3.63, 3.8) is 0 Å². The molecule has 0 atom stereocenters. The normalized spacial score (nSPS) is 10.5. The molecule has 0 aromatic heterocycles. The molecular formula is C22H28N2O3. The number of benzene rings is 2. The summed E-state index contributed by atoms with van der Waals surface area (Å²) in [5.41, 5.74) is 2.52. The number of amides is 1. The average Bonchev–Trinajstić information content (AvgIpc) is 2.67. The third kappa shape index (κ3) is 6.44. The lowest BCUT2D eigenvalue weighted by Gasteiger charge is -2.27. The number of ether oxygens (including phenoxy) is 1. The van der Waals surface area contributed by atoms with Gasteiger partial charge in [0.1, 0.15) is 0 Å². The number of anilines is 1. The van der Waals surface area contributed by atoms with E-state index in [0.717, 1.165) is 11.3 Å². The lowest BCUT2D eigenvalue weighted by atomic mass is 10.1. The van der Waals surface area contributed by atoms with Crippen LogP contribution in [0.3, 0.4) is 0 Å². The van der Waals surface area contributed by atoms with Crippen LogP contribution in [0.25, 0.3) is 0 Å². The smallest absolute Gasteiger partial charge is 0.338 e. The van der Waals surface area contributed by atoms with Gasteiger partial charge in [0.15, 0.2) is 0 Å². The minimum Gasteiger partial charge on any atom is -0.462 e. The molecule has 0 bridgehead atoms. The van der Waals surface area contributed by atoms with E-state index in [9.17, 15) is 9.59 Å². The highest BCUT2D eigenvalue weighted by atomic mass is 16.5. The largest absolute Gasteiger partial charge is 0.462 e. The molecule has 0 radical (unpaired) electrons. The Kier molecular flexibility index (Phi) is 7.86. The molecule has 2 aromatic rings. The molecule has 1 amide bonds. The van der Waals surface area contributed by atoms with Crippen LogP contribution in [0.1, 0.15) is 43.1 Å². The van der Waals surface area contributed by atoms with Crippen LogP contribution in [0.2, 0.25) is 0 Å². The molecular weight excluding hydrogens is 340 g/mol. The summed E-state index contributed by atoms with van der Waals surface area (Å²) in [7, 11) is 0. The lowest BCUT2D eigenvalue weighted by Crippen LogP contribution is -2.37. The molecule has 2 aromatic carbocycles. The van der Waals surface area contributed by atoms with Crippen LogP contribution in [-0.2, 0) is 16.1 Å². The van der Waals surface area contributed by atoms with E-state index >= 15 is 0 Å². The highest BCUT2D eigenvalue weighted by molar-refractivity contribution is 5.89. The van der Waals surface area contributed by atoms with Gasteiger partial charge < -0.3 is 15.0 Å². The van der Waals surface area contributed by atoms with E-state index in [0.29, 0.717) is 31.7 Å². The maximum absolute atomic E-state index is 12.6. The summed E-state index contributed by atoms with van der Waals surface area (Å²) in [5, 5.41) is 3.23. The number of rotatable bonds is 9. The highest BCUT2D eigenvalue weighted by Gasteiger charge is 2.16. The summed E-state index contributed by atoms with van der Waals surface area (Å²) >= 11 is 0. The SMILES string of the molecule is CCOC(=O)c1ccc(NCCC(=O)N(Cc2ccccc2)C(C)C)cc1. The number of hydrogen-bond donors (Lipinski definition) is 1. The number of carbonyl (C=O) groups is 2. The third-order valence-corrected chi connectivity index (χ3v) is 4.20. The van der Waals surface area contributed by atoms with Crippen LogP contribution in [0.5, 0.6) is 0 Å². The van der Waals surface area contributed by atoms with Crippen molar-refractivity contribution in [3.8, 4) is 0 Å². The Labute approximate surface area is 161 Å². The molecule has 0 heterocycles. The molecule has 0 aliphatic rings. The first kappa shape index (κ1) is 20.5. The van der Waals surface area contributed by atoms with E-state index in [1.807, 2.05) is 61.2 Å². The van der Waals surface area contributed by atoms with Gasteiger partial charge in [-0.05, 0) is 50.6 Å². The summed E-state index contributed by atoms with van der Waals surface area (Å²) in [6, 6.07) is 17.2. The second-order valence-electron chi connectivity index (χ2n) is 6.58. The summed E-state index contributed by atoms with van der Waals surface area (Å²) in [4.78, 5) is 26.2. The molecule has 27 heavy (non-hydrogen) atoms. The Bertz CT molecular complexity index is 727. The van der Waals surface area contributed by atoms with Crippen molar-refractivity contribution in [3.05, 3.63) is 65.7 Å². The van der Waals surface area contributed by atoms with E-state index in [1.165, 1.54) is 0 Å². The second-order valence-corrected chi connectivity index (χ2v) is 6.58. The van der Waals surface area contributed by atoms with Gasteiger partial charge in [-0.15, -0.1) is 0 Å². The Balaban J connectivity index is 1.85. The van der Waals surface area contributed by atoms with Crippen molar-refractivity contribution in [2.75, 3.05) is 18.5 Å². The molecule has 0 spiro atoms. The Hall–Kier alpha value is -2.82. The first-order chi connectivity index (χ1) is 13.0. The number of nitrogens with one attached hydrogen (secondary N) is 1. The van der Waals surface area contributed by atoms with Crippen molar-refractivity contribution in [2.45, 2.75) is 39.8 Å². The number of esters is 1. The van der Waals surface area contributed by atoms with Crippen LogP contribution in [-0.4, -0.2) is 36.0 Å². The predicted octanol–water partition coefficient (Wildman–Crippen LogP) is 4.10. The summed E-state index contributed by atoms with van der Waals surface area (Å²) in [6.45, 7) is 7.35. The molecule has 2 rings (SSSR count). The standard InChI is InChI=1S/C22H28N2O3/c1-4-27-22(26)19-10-12-20(13-11-19)23-15-14-21(25)24(17(2)3)16-18-8-6-5-7-9-18/h5-13,17,23H,4,14-16H2,1-3H3. The Morgan fingerprint density at radius 3 is 2.30 bits per heavy atom. The molecule has 5 nitrogen and oxygen atoms in total. The van der Waals surface area contributed by atoms with Gasteiger partial charge in [-0.3, -0.25) is 4.79 Å². The summed E-state index contributed by atoms with van der Waals surface area (Å²) < 4.78 is 4.97. The quantitative estimate of drug-likeness (QED) is 0.677. The third-order valence-electron chi connectivity index (χ3n) is 4.20. The zero-order valence-corrected chi connectivity index (χ0v) is 16.3. The molecule has 0 unspecified atom stereocenters. The summed E-state index contributed by atoms with van der Waals surface area (Å²) in [6.07, 6.45) is 0.407. The van der Waals surface area contributed by atoms with E-state index in [-0.39, 0.29) is 17.9 Å². The molecule has 1 N–H and O–H groups in total. The van der Waals surface area contributed by atoms with Gasteiger partial charge in [-0.1, -0.05) is 30.3 Å². The lowest BCUT2D eigenvalue weighted by molar-refractivity contribution is -0.133. The van der Waals surface area contributed by atoms with Crippen molar-refractivity contribution in [2.24, 2.45) is 0 Å². The van der Waals surface area contributed by atoms with Crippen LogP contribution in [0, 0.1) is 0 Å². The number of hydrogen-bond acceptors (Lipinski definition) is 4. The zero-order chi connectivity index (χ0) is 19.6.